The van der Waals surface area contributed by atoms with E-state index in [1.54, 1.807) is 5.57 Å². The Morgan fingerprint density at radius 3 is 2.38 bits per heavy atom. The fraction of sp³-hybridized carbons (Fsp3) is 0.677. The van der Waals surface area contributed by atoms with Gasteiger partial charge in [0.25, 0.3) is 0 Å². The zero-order valence-electron chi connectivity index (χ0n) is 21.8. The number of hydrogen-bond acceptors (Lipinski definition) is 3. The van der Waals surface area contributed by atoms with E-state index in [2.05, 4.69) is 50.3 Å². The minimum absolute atomic E-state index is 0.387. The number of benzene rings is 1. The van der Waals surface area contributed by atoms with Gasteiger partial charge in [-0.2, -0.15) is 0 Å². The van der Waals surface area contributed by atoms with Crippen LogP contribution < -0.4 is 0 Å². The van der Waals surface area contributed by atoms with E-state index < -0.39 is 17.8 Å². The van der Waals surface area contributed by atoms with E-state index in [4.69, 9.17) is 0 Å². The second-order valence-corrected chi connectivity index (χ2v) is 12.4. The molecule has 3 aliphatic carbocycles. The second kappa shape index (κ2) is 10.3. The predicted octanol–water partition coefficient (Wildman–Crippen LogP) is 6.46. The van der Waals surface area contributed by atoms with Gasteiger partial charge < -0.3 is 15.3 Å². The predicted molar refractivity (Wildman–Crippen MR) is 139 cm³/mol. The standard InChI is InChI=1S/C31H46O3/c1-21(7-8-22-10-13-25(14-11-22)30(2,3)34)28-15-16-29-24(6-5-17-31(28,29)4)12-9-23-18-26(32)20-27(33)19-23/h9-14,21,26-29,32-34H,5-8,15-20H2,1-4H3/b24-12+/t21-,26-,27-,28-,29+,31-/m1/s1. The van der Waals surface area contributed by atoms with Crippen LogP contribution in [0.5, 0.6) is 0 Å². The number of aryl methyl sites for hydroxylation is 1. The van der Waals surface area contributed by atoms with Crippen molar-refractivity contribution in [3.63, 3.8) is 0 Å². The Kier molecular flexibility index (Phi) is 7.77. The van der Waals surface area contributed by atoms with Crippen LogP contribution in [0.3, 0.4) is 0 Å². The molecular formula is C31H46O3. The van der Waals surface area contributed by atoms with Crippen molar-refractivity contribution in [2.45, 2.75) is 110 Å². The van der Waals surface area contributed by atoms with Gasteiger partial charge in [0.05, 0.1) is 17.8 Å². The van der Waals surface area contributed by atoms with Crippen LogP contribution in [0, 0.1) is 23.2 Å². The molecule has 0 heterocycles. The van der Waals surface area contributed by atoms with Crippen molar-refractivity contribution < 1.29 is 15.3 Å². The molecule has 3 N–H and O–H groups in total. The highest BCUT2D eigenvalue weighted by Crippen LogP contribution is 2.59. The molecule has 0 aliphatic heterocycles. The zero-order valence-corrected chi connectivity index (χ0v) is 21.8. The Morgan fingerprint density at radius 2 is 1.74 bits per heavy atom. The van der Waals surface area contributed by atoms with E-state index >= 15 is 0 Å². The van der Waals surface area contributed by atoms with Crippen LogP contribution in [-0.4, -0.2) is 27.5 Å². The third-order valence-electron chi connectivity index (χ3n) is 9.35. The number of aliphatic hydroxyl groups is 3. The van der Waals surface area contributed by atoms with Crippen molar-refractivity contribution in [2.75, 3.05) is 0 Å². The zero-order chi connectivity index (χ0) is 24.5. The van der Waals surface area contributed by atoms with E-state index in [1.165, 1.54) is 49.7 Å². The lowest BCUT2D eigenvalue weighted by atomic mass is 9.60. The second-order valence-electron chi connectivity index (χ2n) is 12.4. The average molecular weight is 467 g/mol. The van der Waals surface area contributed by atoms with Gasteiger partial charge in [-0.15, -0.1) is 0 Å². The van der Waals surface area contributed by atoms with Gasteiger partial charge in [-0.3, -0.25) is 0 Å². The number of aliphatic hydroxyl groups excluding tert-OH is 2. The third-order valence-corrected chi connectivity index (χ3v) is 9.35. The van der Waals surface area contributed by atoms with Crippen LogP contribution in [0.15, 0.2) is 47.6 Å². The summed E-state index contributed by atoms with van der Waals surface area (Å²) in [5.41, 5.74) is 4.75. The van der Waals surface area contributed by atoms with E-state index in [-0.39, 0.29) is 0 Å². The maximum atomic E-state index is 10.2. The molecule has 34 heavy (non-hydrogen) atoms. The summed E-state index contributed by atoms with van der Waals surface area (Å²) in [6.45, 7) is 8.70. The molecule has 6 atom stereocenters. The maximum absolute atomic E-state index is 10.2. The van der Waals surface area contributed by atoms with Crippen LogP contribution >= 0.6 is 0 Å². The quantitative estimate of drug-likeness (QED) is 0.451. The summed E-state index contributed by atoms with van der Waals surface area (Å²) >= 11 is 0. The number of allylic oxidation sites excluding steroid dienone is 3. The highest BCUT2D eigenvalue weighted by molar-refractivity contribution is 5.27. The molecule has 0 amide bonds. The normalized spacial score (nSPS) is 34.2. The van der Waals surface area contributed by atoms with E-state index in [1.807, 2.05) is 13.8 Å². The summed E-state index contributed by atoms with van der Waals surface area (Å²) < 4.78 is 0. The summed E-state index contributed by atoms with van der Waals surface area (Å²) in [7, 11) is 0. The molecule has 0 bridgehead atoms. The van der Waals surface area contributed by atoms with Gasteiger partial charge in [-0.1, -0.05) is 61.4 Å². The molecule has 1 aromatic rings. The number of rotatable bonds is 6. The summed E-state index contributed by atoms with van der Waals surface area (Å²) in [6, 6.07) is 8.52. The van der Waals surface area contributed by atoms with Crippen molar-refractivity contribution in [2.24, 2.45) is 23.2 Å². The molecule has 188 valence electrons. The number of hydrogen-bond donors (Lipinski definition) is 3. The van der Waals surface area contributed by atoms with Gasteiger partial charge in [-0.05, 0) is 112 Å². The first kappa shape index (κ1) is 25.7. The molecule has 3 aliphatic rings. The highest BCUT2D eigenvalue weighted by Gasteiger charge is 2.50. The lowest BCUT2D eigenvalue weighted by Crippen LogP contribution is -2.36. The monoisotopic (exact) mass is 466 g/mol. The van der Waals surface area contributed by atoms with E-state index in [0.717, 1.165) is 17.9 Å². The Balaban J connectivity index is 1.40. The molecule has 0 saturated heterocycles. The lowest BCUT2D eigenvalue weighted by molar-refractivity contribution is 0.0609. The summed E-state index contributed by atoms with van der Waals surface area (Å²) in [5.74, 6) is 2.14. The Bertz CT molecular complexity index is 878. The molecule has 3 nitrogen and oxygen atoms in total. The van der Waals surface area contributed by atoms with E-state index in [9.17, 15) is 15.3 Å². The molecule has 4 rings (SSSR count). The minimum Gasteiger partial charge on any atom is -0.393 e. The number of fused-ring (bicyclic) bond motifs is 1. The molecule has 3 saturated carbocycles. The molecule has 3 heteroatoms. The summed E-state index contributed by atoms with van der Waals surface area (Å²) in [6.07, 6.45) is 14.5. The molecule has 1 aromatic carbocycles. The topological polar surface area (TPSA) is 60.7 Å². The summed E-state index contributed by atoms with van der Waals surface area (Å²) in [4.78, 5) is 0. The van der Waals surface area contributed by atoms with Crippen molar-refractivity contribution >= 4 is 0 Å². The molecule has 0 spiro atoms. The Morgan fingerprint density at radius 1 is 1.06 bits per heavy atom. The summed E-state index contributed by atoms with van der Waals surface area (Å²) in [5, 5.41) is 30.3. The highest BCUT2D eigenvalue weighted by atomic mass is 16.3. The first-order valence-electron chi connectivity index (χ1n) is 13.6. The van der Waals surface area contributed by atoms with Crippen molar-refractivity contribution in [3.8, 4) is 0 Å². The van der Waals surface area contributed by atoms with Gasteiger partial charge >= 0.3 is 0 Å². The van der Waals surface area contributed by atoms with Crippen LogP contribution in [-0.2, 0) is 12.0 Å². The average Bonchev–Trinajstić information content (AvgIpc) is 3.12. The van der Waals surface area contributed by atoms with Crippen LogP contribution in [0.2, 0.25) is 0 Å². The molecule has 0 aromatic heterocycles. The van der Waals surface area contributed by atoms with Gasteiger partial charge in [-0.25, -0.2) is 0 Å². The molecule has 0 unspecified atom stereocenters. The van der Waals surface area contributed by atoms with Crippen molar-refractivity contribution in [1.82, 2.24) is 0 Å². The van der Waals surface area contributed by atoms with Crippen LogP contribution in [0.25, 0.3) is 0 Å². The SMILES string of the molecule is C[C@H](CCc1ccc(C(C)(C)O)cc1)[C@H]1CC[C@H]2/C(=C/C=C3C[C@@H](O)C[C@H](O)C3)CCC[C@]12C. The van der Waals surface area contributed by atoms with Gasteiger partial charge in [0.15, 0.2) is 0 Å². The Hall–Kier alpha value is -1.42. The third kappa shape index (κ3) is 5.69. The maximum Gasteiger partial charge on any atom is 0.0840 e. The molecular weight excluding hydrogens is 420 g/mol. The smallest absolute Gasteiger partial charge is 0.0840 e. The lowest BCUT2D eigenvalue weighted by Gasteiger charge is -2.44. The minimum atomic E-state index is -0.780. The molecule has 0 radical (unpaired) electrons. The fourth-order valence-electron chi connectivity index (χ4n) is 7.42. The van der Waals surface area contributed by atoms with Crippen molar-refractivity contribution in [1.29, 1.82) is 0 Å². The van der Waals surface area contributed by atoms with Crippen LogP contribution in [0.1, 0.15) is 96.6 Å². The van der Waals surface area contributed by atoms with Gasteiger partial charge in [0.2, 0.25) is 0 Å². The van der Waals surface area contributed by atoms with Gasteiger partial charge in [0.1, 0.15) is 0 Å². The van der Waals surface area contributed by atoms with Crippen LogP contribution in [0.4, 0.5) is 0 Å². The fourth-order valence-corrected chi connectivity index (χ4v) is 7.42. The first-order valence-corrected chi connectivity index (χ1v) is 13.6. The largest absolute Gasteiger partial charge is 0.393 e. The van der Waals surface area contributed by atoms with Gasteiger partial charge in [0, 0.05) is 0 Å². The Labute approximate surface area is 207 Å². The molecule has 3 fully saturated rings. The first-order chi connectivity index (χ1) is 16.1. The van der Waals surface area contributed by atoms with E-state index in [0.29, 0.717) is 36.5 Å². The van der Waals surface area contributed by atoms with Crippen molar-refractivity contribution in [3.05, 3.63) is 58.7 Å².